The molecule has 6 heteroatoms. The lowest BCUT2D eigenvalue weighted by Crippen LogP contribution is -2.38. The zero-order valence-electron chi connectivity index (χ0n) is 13.2. The van der Waals surface area contributed by atoms with Gasteiger partial charge in [-0.1, -0.05) is 23.2 Å². The van der Waals surface area contributed by atoms with Crippen LogP contribution in [0.15, 0.2) is 42.5 Å². The predicted octanol–water partition coefficient (Wildman–Crippen LogP) is 2.80. The van der Waals surface area contributed by atoms with Gasteiger partial charge in [0.2, 0.25) is 5.91 Å². The van der Waals surface area contributed by atoms with Crippen LogP contribution in [-0.4, -0.2) is 31.5 Å². The molecule has 2 aromatic carbocycles. The van der Waals surface area contributed by atoms with E-state index in [9.17, 15) is 9.59 Å². The highest BCUT2D eigenvalue weighted by Gasteiger charge is 2.26. The minimum atomic E-state index is -0.233. The molecule has 0 atom stereocenters. The fraction of sp³-hybridized carbons (Fsp3) is 0.222. The predicted molar refractivity (Wildman–Crippen MR) is 92.8 cm³/mol. The van der Waals surface area contributed by atoms with Gasteiger partial charge in [0.05, 0.1) is 24.3 Å². The lowest BCUT2D eigenvalue weighted by Gasteiger charge is -2.22. The molecule has 0 saturated heterocycles. The molecule has 24 heavy (non-hydrogen) atoms. The summed E-state index contributed by atoms with van der Waals surface area (Å²) in [5.74, 6) is 0.286. The second-order valence-electron chi connectivity index (χ2n) is 5.55. The van der Waals surface area contributed by atoms with Crippen molar-refractivity contribution in [2.45, 2.75) is 6.92 Å². The van der Waals surface area contributed by atoms with E-state index in [0.717, 1.165) is 5.56 Å². The Morgan fingerprint density at radius 2 is 1.92 bits per heavy atom. The Hall–Kier alpha value is -2.53. The molecule has 1 N–H and O–H groups in total. The van der Waals surface area contributed by atoms with E-state index in [-0.39, 0.29) is 18.4 Å². The van der Waals surface area contributed by atoms with E-state index in [0.29, 0.717) is 35.2 Å². The third-order valence-corrected chi connectivity index (χ3v) is 4.04. The number of aryl methyl sites for hydroxylation is 1. The third-order valence-electron chi connectivity index (χ3n) is 3.79. The first-order chi connectivity index (χ1) is 11.5. The van der Waals surface area contributed by atoms with Crippen molar-refractivity contribution >= 4 is 29.1 Å². The quantitative estimate of drug-likeness (QED) is 0.927. The molecular formula is C18H17ClN2O3. The Kier molecular flexibility index (Phi) is 4.71. The average molecular weight is 345 g/mol. The largest absolute Gasteiger partial charge is 0.492 e. The molecule has 0 aliphatic carbocycles. The monoisotopic (exact) mass is 344 g/mol. The molecule has 124 valence electrons. The summed E-state index contributed by atoms with van der Waals surface area (Å²) >= 11 is 5.84. The standard InChI is InChI=1S/C18H17ClN2O3/c1-12-2-7-16-15(10-12)18(23)20-11-17(22)21(16)8-9-24-14-5-3-13(19)4-6-14/h2-7,10H,8-9,11H2,1H3,(H,20,23). The zero-order valence-corrected chi connectivity index (χ0v) is 14.0. The van der Waals surface area contributed by atoms with Crippen molar-refractivity contribution in [1.82, 2.24) is 5.32 Å². The van der Waals surface area contributed by atoms with Gasteiger partial charge in [-0.25, -0.2) is 0 Å². The molecule has 0 saturated carbocycles. The van der Waals surface area contributed by atoms with Crippen LogP contribution < -0.4 is 15.0 Å². The van der Waals surface area contributed by atoms with Gasteiger partial charge in [-0.05, 0) is 43.3 Å². The molecule has 0 fully saturated rings. The highest BCUT2D eigenvalue weighted by Crippen LogP contribution is 2.24. The van der Waals surface area contributed by atoms with Gasteiger partial charge in [0.15, 0.2) is 0 Å². The molecule has 1 aliphatic heterocycles. The van der Waals surface area contributed by atoms with Crippen molar-refractivity contribution in [3.63, 3.8) is 0 Å². The summed E-state index contributed by atoms with van der Waals surface area (Å²) in [4.78, 5) is 26.1. The van der Waals surface area contributed by atoms with E-state index >= 15 is 0 Å². The van der Waals surface area contributed by atoms with Gasteiger partial charge in [0.25, 0.3) is 5.91 Å². The number of hydrogen-bond donors (Lipinski definition) is 1. The molecule has 0 unspecified atom stereocenters. The first-order valence-electron chi connectivity index (χ1n) is 7.62. The lowest BCUT2D eigenvalue weighted by atomic mass is 10.1. The molecule has 2 amide bonds. The minimum Gasteiger partial charge on any atom is -0.492 e. The summed E-state index contributed by atoms with van der Waals surface area (Å²) in [6.45, 7) is 2.56. The van der Waals surface area contributed by atoms with E-state index < -0.39 is 0 Å². The van der Waals surface area contributed by atoms with Gasteiger partial charge < -0.3 is 15.0 Å². The highest BCUT2D eigenvalue weighted by atomic mass is 35.5. The number of benzene rings is 2. The average Bonchev–Trinajstić information content (AvgIpc) is 2.68. The van der Waals surface area contributed by atoms with Crippen molar-refractivity contribution in [3.8, 4) is 5.75 Å². The van der Waals surface area contributed by atoms with Gasteiger partial charge >= 0.3 is 0 Å². The highest BCUT2D eigenvalue weighted by molar-refractivity contribution is 6.30. The van der Waals surface area contributed by atoms with Crippen molar-refractivity contribution in [2.24, 2.45) is 0 Å². The number of carbonyl (C=O) groups is 2. The second-order valence-corrected chi connectivity index (χ2v) is 5.99. The SMILES string of the molecule is Cc1ccc2c(c1)C(=O)NCC(=O)N2CCOc1ccc(Cl)cc1. The van der Waals surface area contributed by atoms with Crippen LogP contribution in [0.3, 0.4) is 0 Å². The number of carbonyl (C=O) groups excluding carboxylic acids is 2. The first-order valence-corrected chi connectivity index (χ1v) is 8.00. The van der Waals surface area contributed by atoms with Crippen LogP contribution in [0.5, 0.6) is 5.75 Å². The van der Waals surface area contributed by atoms with E-state index in [4.69, 9.17) is 16.3 Å². The Bertz CT molecular complexity index is 774. The van der Waals surface area contributed by atoms with Crippen LogP contribution in [0.25, 0.3) is 0 Å². The zero-order chi connectivity index (χ0) is 17.1. The van der Waals surface area contributed by atoms with Crippen LogP contribution in [0.1, 0.15) is 15.9 Å². The number of nitrogens with zero attached hydrogens (tertiary/aromatic N) is 1. The van der Waals surface area contributed by atoms with Gasteiger partial charge in [0, 0.05) is 5.02 Å². The molecule has 3 rings (SSSR count). The maximum absolute atomic E-state index is 12.3. The van der Waals surface area contributed by atoms with Crippen LogP contribution in [-0.2, 0) is 4.79 Å². The summed E-state index contributed by atoms with van der Waals surface area (Å²) in [7, 11) is 0. The van der Waals surface area contributed by atoms with E-state index in [1.165, 1.54) is 0 Å². The Balaban J connectivity index is 1.76. The summed E-state index contributed by atoms with van der Waals surface area (Å²) in [5.41, 5.74) is 2.09. The van der Waals surface area contributed by atoms with Crippen molar-refractivity contribution in [1.29, 1.82) is 0 Å². The third kappa shape index (κ3) is 3.51. The fourth-order valence-electron chi connectivity index (χ4n) is 2.58. The maximum atomic E-state index is 12.3. The van der Waals surface area contributed by atoms with Gasteiger partial charge in [-0.15, -0.1) is 0 Å². The number of ether oxygens (including phenoxy) is 1. The van der Waals surface area contributed by atoms with Gasteiger partial charge in [0.1, 0.15) is 12.4 Å². The van der Waals surface area contributed by atoms with Gasteiger partial charge in [-0.3, -0.25) is 9.59 Å². The number of nitrogens with one attached hydrogen (secondary N) is 1. The number of halogens is 1. The summed E-state index contributed by atoms with van der Waals surface area (Å²) in [5, 5.41) is 3.27. The van der Waals surface area contributed by atoms with E-state index in [1.54, 1.807) is 41.3 Å². The molecule has 0 radical (unpaired) electrons. The number of amides is 2. The van der Waals surface area contributed by atoms with Crippen molar-refractivity contribution < 1.29 is 14.3 Å². The first kappa shape index (κ1) is 16.3. The summed E-state index contributed by atoms with van der Waals surface area (Å²) < 4.78 is 5.66. The molecule has 5 nitrogen and oxygen atoms in total. The second kappa shape index (κ2) is 6.93. The molecule has 0 spiro atoms. The van der Waals surface area contributed by atoms with Crippen molar-refractivity contribution in [3.05, 3.63) is 58.6 Å². The molecule has 0 aromatic heterocycles. The minimum absolute atomic E-state index is 0.0203. The Morgan fingerprint density at radius 1 is 1.17 bits per heavy atom. The number of fused-ring (bicyclic) bond motifs is 1. The summed E-state index contributed by atoms with van der Waals surface area (Å²) in [6.07, 6.45) is 0. The fourth-order valence-corrected chi connectivity index (χ4v) is 2.70. The van der Waals surface area contributed by atoms with Crippen LogP contribution >= 0.6 is 11.6 Å². The molecule has 1 aliphatic rings. The van der Waals surface area contributed by atoms with E-state index in [2.05, 4.69) is 5.32 Å². The lowest BCUT2D eigenvalue weighted by molar-refractivity contribution is -0.117. The Morgan fingerprint density at radius 3 is 2.67 bits per heavy atom. The van der Waals surface area contributed by atoms with Crippen LogP contribution in [0.4, 0.5) is 5.69 Å². The molecule has 0 bridgehead atoms. The number of hydrogen-bond acceptors (Lipinski definition) is 3. The maximum Gasteiger partial charge on any atom is 0.253 e. The molecular weight excluding hydrogens is 328 g/mol. The molecule has 1 heterocycles. The Labute approximate surface area is 145 Å². The number of anilines is 1. The van der Waals surface area contributed by atoms with Gasteiger partial charge in [-0.2, -0.15) is 0 Å². The van der Waals surface area contributed by atoms with Crippen LogP contribution in [0.2, 0.25) is 5.02 Å². The smallest absolute Gasteiger partial charge is 0.253 e. The topological polar surface area (TPSA) is 58.6 Å². The summed E-state index contributed by atoms with van der Waals surface area (Å²) in [6, 6.07) is 12.5. The van der Waals surface area contributed by atoms with Crippen molar-refractivity contribution in [2.75, 3.05) is 24.6 Å². The normalized spacial score (nSPS) is 14.0. The van der Waals surface area contributed by atoms with Crippen LogP contribution in [0, 0.1) is 6.92 Å². The van der Waals surface area contributed by atoms with E-state index in [1.807, 2.05) is 13.0 Å². The molecule has 2 aromatic rings. The number of rotatable bonds is 4.